The maximum Gasteiger partial charge on any atom is 0.270 e. The van der Waals surface area contributed by atoms with Gasteiger partial charge in [-0.25, -0.2) is 4.98 Å². The fraction of sp³-hybridized carbons (Fsp3) is 0.0435. The third-order valence-corrected chi connectivity index (χ3v) is 5.12. The Bertz CT molecular complexity index is 1380. The molecule has 0 radical (unpaired) electrons. The van der Waals surface area contributed by atoms with E-state index in [0.29, 0.717) is 28.0 Å². The molecule has 0 atom stereocenters. The predicted molar refractivity (Wildman–Crippen MR) is 122 cm³/mol. The molecule has 0 amide bonds. The monoisotopic (exact) mass is 461 g/mol. The van der Waals surface area contributed by atoms with Crippen LogP contribution >= 0.6 is 15.9 Å². The van der Waals surface area contributed by atoms with E-state index < -0.39 is 4.92 Å². The van der Waals surface area contributed by atoms with E-state index in [2.05, 4.69) is 20.9 Å². The molecule has 0 saturated heterocycles. The summed E-state index contributed by atoms with van der Waals surface area (Å²) in [6.45, 7) is 1.96. The van der Waals surface area contributed by atoms with Gasteiger partial charge >= 0.3 is 0 Å². The zero-order valence-corrected chi connectivity index (χ0v) is 17.5. The first kappa shape index (κ1) is 19.7. The number of benzene rings is 3. The van der Waals surface area contributed by atoms with Gasteiger partial charge in [-0.15, -0.1) is 0 Å². The maximum absolute atomic E-state index is 13.3. The average Bonchev–Trinajstić information content (AvgIpc) is 2.73. The number of hydrogen-bond donors (Lipinski definition) is 0. The summed E-state index contributed by atoms with van der Waals surface area (Å²) in [5.41, 5.74) is 2.75. The highest BCUT2D eigenvalue weighted by Gasteiger charge is 2.12. The molecular weight excluding hydrogens is 446 g/mol. The molecule has 7 heteroatoms. The average molecular weight is 462 g/mol. The van der Waals surface area contributed by atoms with Crippen LogP contribution in [0.15, 0.2) is 76.0 Å². The molecule has 1 heterocycles. The number of aromatic nitrogens is 2. The van der Waals surface area contributed by atoms with E-state index in [0.717, 1.165) is 10.0 Å². The smallest absolute Gasteiger partial charge is 0.268 e. The highest BCUT2D eigenvalue weighted by Crippen LogP contribution is 2.20. The molecule has 4 rings (SSSR count). The van der Waals surface area contributed by atoms with Crippen LogP contribution in [-0.2, 0) is 0 Å². The van der Waals surface area contributed by atoms with Crippen LogP contribution in [0, 0.1) is 17.0 Å². The fourth-order valence-electron chi connectivity index (χ4n) is 3.22. The van der Waals surface area contributed by atoms with Crippen LogP contribution in [0.25, 0.3) is 28.7 Å². The first-order valence-corrected chi connectivity index (χ1v) is 9.93. The van der Waals surface area contributed by atoms with E-state index >= 15 is 0 Å². The molecule has 0 fully saturated rings. The number of halogens is 1. The number of hydrogen-bond acceptors (Lipinski definition) is 4. The molecule has 0 aliphatic rings. The second-order valence-electron chi connectivity index (χ2n) is 6.80. The topological polar surface area (TPSA) is 78.0 Å². The molecule has 4 aromatic rings. The Morgan fingerprint density at radius 3 is 2.60 bits per heavy atom. The SMILES string of the molecule is Cc1cccc(-n2c(/C=C/c3cccc([N+](=O)[O-])c3)nc3ccc(Br)cc3c2=O)c1. The number of rotatable bonds is 4. The Morgan fingerprint density at radius 1 is 1.03 bits per heavy atom. The molecule has 0 aliphatic carbocycles. The number of nitro groups is 1. The van der Waals surface area contributed by atoms with E-state index in [-0.39, 0.29) is 11.2 Å². The lowest BCUT2D eigenvalue weighted by atomic mass is 10.1. The van der Waals surface area contributed by atoms with E-state index in [1.807, 2.05) is 37.3 Å². The maximum atomic E-state index is 13.3. The number of fused-ring (bicyclic) bond motifs is 1. The highest BCUT2D eigenvalue weighted by atomic mass is 79.9. The van der Waals surface area contributed by atoms with Crippen molar-refractivity contribution in [2.75, 3.05) is 0 Å². The first-order chi connectivity index (χ1) is 14.4. The third-order valence-electron chi connectivity index (χ3n) is 4.62. The molecule has 0 spiro atoms. The van der Waals surface area contributed by atoms with Crippen LogP contribution in [0.5, 0.6) is 0 Å². The van der Waals surface area contributed by atoms with E-state index in [1.54, 1.807) is 41.0 Å². The second-order valence-corrected chi connectivity index (χ2v) is 7.71. The van der Waals surface area contributed by atoms with Gasteiger partial charge in [0.1, 0.15) is 5.82 Å². The summed E-state index contributed by atoms with van der Waals surface area (Å²) in [4.78, 5) is 28.6. The molecule has 0 N–H and O–H groups in total. The lowest BCUT2D eigenvalue weighted by Gasteiger charge is -2.12. The van der Waals surface area contributed by atoms with Crippen molar-refractivity contribution in [3.05, 3.63) is 109 Å². The summed E-state index contributed by atoms with van der Waals surface area (Å²) in [6, 6.07) is 19.3. The Balaban J connectivity index is 1.93. The zero-order chi connectivity index (χ0) is 21.3. The largest absolute Gasteiger partial charge is 0.270 e. The van der Waals surface area contributed by atoms with Gasteiger partial charge in [0.2, 0.25) is 0 Å². The highest BCUT2D eigenvalue weighted by molar-refractivity contribution is 9.10. The van der Waals surface area contributed by atoms with Crippen molar-refractivity contribution >= 4 is 44.7 Å². The van der Waals surface area contributed by atoms with Crippen molar-refractivity contribution in [2.45, 2.75) is 6.92 Å². The van der Waals surface area contributed by atoms with E-state index in [1.165, 1.54) is 12.1 Å². The van der Waals surface area contributed by atoms with Gasteiger partial charge in [-0.1, -0.05) is 46.3 Å². The summed E-state index contributed by atoms with van der Waals surface area (Å²) in [5, 5.41) is 11.5. The standard InChI is InChI=1S/C23H16BrN3O3/c1-15-4-2-6-18(12-15)26-22(11-8-16-5-3-7-19(13-16)27(29)30)25-21-10-9-17(24)14-20(21)23(26)28/h2-14H,1H3/b11-8+. The van der Waals surface area contributed by atoms with E-state index in [9.17, 15) is 14.9 Å². The van der Waals surface area contributed by atoms with Crippen LogP contribution < -0.4 is 5.56 Å². The summed E-state index contributed by atoms with van der Waals surface area (Å²) in [7, 11) is 0. The Hall–Kier alpha value is -3.58. The van der Waals surface area contributed by atoms with Gasteiger partial charge in [-0.3, -0.25) is 19.5 Å². The molecule has 3 aromatic carbocycles. The molecule has 1 aromatic heterocycles. The van der Waals surface area contributed by atoms with Gasteiger partial charge in [0.25, 0.3) is 11.2 Å². The summed E-state index contributed by atoms with van der Waals surface area (Å²) >= 11 is 3.41. The van der Waals surface area contributed by atoms with Crippen LogP contribution in [0.4, 0.5) is 5.69 Å². The molecule has 0 bridgehead atoms. The minimum atomic E-state index is -0.438. The molecule has 0 saturated carbocycles. The van der Waals surface area contributed by atoms with Gasteiger partial charge in [-0.05, 0) is 54.5 Å². The molecule has 148 valence electrons. The Labute approximate surface area is 180 Å². The number of nitrogens with zero attached hydrogens (tertiary/aromatic N) is 3. The number of non-ortho nitro benzene ring substituents is 1. The van der Waals surface area contributed by atoms with Crippen molar-refractivity contribution in [1.82, 2.24) is 9.55 Å². The van der Waals surface area contributed by atoms with Crippen molar-refractivity contribution in [3.8, 4) is 5.69 Å². The number of aryl methyl sites for hydroxylation is 1. The van der Waals surface area contributed by atoms with E-state index in [4.69, 9.17) is 0 Å². The fourth-order valence-corrected chi connectivity index (χ4v) is 3.58. The molecule has 30 heavy (non-hydrogen) atoms. The van der Waals surface area contributed by atoms with Gasteiger partial charge in [0, 0.05) is 16.6 Å². The summed E-state index contributed by atoms with van der Waals surface area (Å²) < 4.78 is 2.35. The predicted octanol–water partition coefficient (Wildman–Crippen LogP) is 5.54. The van der Waals surface area contributed by atoms with Gasteiger partial charge in [0.15, 0.2) is 0 Å². The van der Waals surface area contributed by atoms with Gasteiger partial charge in [-0.2, -0.15) is 0 Å². The Kier molecular flexibility index (Phi) is 5.29. The van der Waals surface area contributed by atoms with Gasteiger partial charge in [0.05, 0.1) is 21.5 Å². The summed E-state index contributed by atoms with van der Waals surface area (Å²) in [5.74, 6) is 0.437. The van der Waals surface area contributed by atoms with Crippen LogP contribution in [-0.4, -0.2) is 14.5 Å². The zero-order valence-electron chi connectivity index (χ0n) is 15.9. The number of nitro benzene ring substituents is 1. The lowest BCUT2D eigenvalue weighted by Crippen LogP contribution is -2.22. The van der Waals surface area contributed by atoms with Crippen molar-refractivity contribution in [1.29, 1.82) is 0 Å². The van der Waals surface area contributed by atoms with Crippen LogP contribution in [0.3, 0.4) is 0 Å². The van der Waals surface area contributed by atoms with Crippen LogP contribution in [0.1, 0.15) is 17.0 Å². The normalized spacial score (nSPS) is 11.3. The second kappa shape index (κ2) is 8.04. The van der Waals surface area contributed by atoms with Gasteiger partial charge < -0.3 is 0 Å². The Morgan fingerprint density at radius 2 is 1.83 bits per heavy atom. The molecule has 0 aliphatic heterocycles. The molecule has 0 unspecified atom stereocenters. The lowest BCUT2D eigenvalue weighted by molar-refractivity contribution is -0.384. The molecular formula is C23H16BrN3O3. The first-order valence-electron chi connectivity index (χ1n) is 9.14. The summed E-state index contributed by atoms with van der Waals surface area (Å²) in [6.07, 6.45) is 3.41. The van der Waals surface area contributed by atoms with Crippen molar-refractivity contribution in [3.63, 3.8) is 0 Å². The minimum absolute atomic E-state index is 0.00421. The quantitative estimate of drug-likeness (QED) is 0.295. The van der Waals surface area contributed by atoms with Crippen molar-refractivity contribution < 1.29 is 4.92 Å². The van der Waals surface area contributed by atoms with Crippen LogP contribution in [0.2, 0.25) is 0 Å². The minimum Gasteiger partial charge on any atom is -0.268 e. The van der Waals surface area contributed by atoms with Crippen molar-refractivity contribution in [2.24, 2.45) is 0 Å². The third kappa shape index (κ3) is 3.92. The molecule has 6 nitrogen and oxygen atoms in total.